The van der Waals surface area contributed by atoms with Crippen LogP contribution in [0.5, 0.6) is 5.75 Å². The first kappa shape index (κ1) is 16.1. The normalized spacial score (nSPS) is 13.6. The van der Waals surface area contributed by atoms with Gasteiger partial charge in [-0.15, -0.1) is 0 Å². The van der Waals surface area contributed by atoms with E-state index in [1.165, 1.54) is 0 Å². The molecule has 126 valence electrons. The number of nitrogens with zero attached hydrogens (tertiary/aromatic N) is 2. The minimum Gasteiger partial charge on any atom is -0.490 e. The van der Waals surface area contributed by atoms with Crippen molar-refractivity contribution < 1.29 is 13.9 Å². The number of carbonyl (C=O) groups is 1. The van der Waals surface area contributed by atoms with Crippen LogP contribution in [-0.2, 0) is 4.79 Å². The average Bonchev–Trinajstić information content (AvgIpc) is 3.24. The molecular weight excluding hydrogens is 306 g/mol. The van der Waals surface area contributed by atoms with Crippen molar-refractivity contribution in [1.82, 2.24) is 15.1 Å². The molecule has 6 nitrogen and oxygen atoms in total. The smallest absolute Gasteiger partial charge is 0.245 e. The lowest BCUT2D eigenvalue weighted by molar-refractivity contribution is -0.124. The summed E-state index contributed by atoms with van der Waals surface area (Å²) in [5, 5.41) is 8.02. The molecule has 2 atom stereocenters. The topological polar surface area (TPSA) is 69.3 Å². The van der Waals surface area contributed by atoms with Crippen molar-refractivity contribution in [3.63, 3.8) is 0 Å². The van der Waals surface area contributed by atoms with Crippen LogP contribution in [0.4, 0.5) is 0 Å². The number of hydrogen-bond acceptors (Lipinski definition) is 4. The summed E-state index contributed by atoms with van der Waals surface area (Å²) in [6.45, 7) is 6.21. The molecule has 0 aliphatic rings. The Balaban J connectivity index is 1.77. The SMILES string of the molecule is CCOc1cccc2cc(C(C)NC(=O)C(C)n3cccn3)oc12. The Morgan fingerprint density at radius 2 is 2.21 bits per heavy atom. The molecule has 6 heteroatoms. The van der Waals surface area contributed by atoms with E-state index in [9.17, 15) is 4.79 Å². The number of carbonyl (C=O) groups excluding carboxylic acids is 1. The van der Waals surface area contributed by atoms with Gasteiger partial charge in [-0.2, -0.15) is 5.10 Å². The maximum Gasteiger partial charge on any atom is 0.245 e. The number of fused-ring (bicyclic) bond motifs is 1. The van der Waals surface area contributed by atoms with E-state index >= 15 is 0 Å². The summed E-state index contributed by atoms with van der Waals surface area (Å²) >= 11 is 0. The van der Waals surface area contributed by atoms with Gasteiger partial charge < -0.3 is 14.5 Å². The average molecular weight is 327 g/mol. The maximum absolute atomic E-state index is 12.4. The number of amides is 1. The second kappa shape index (κ2) is 6.78. The zero-order chi connectivity index (χ0) is 17.1. The van der Waals surface area contributed by atoms with Crippen LogP contribution in [0, 0.1) is 0 Å². The highest BCUT2D eigenvalue weighted by atomic mass is 16.5. The summed E-state index contributed by atoms with van der Waals surface area (Å²) in [6, 6.07) is 8.86. The first-order valence-corrected chi connectivity index (χ1v) is 8.05. The molecule has 1 N–H and O–H groups in total. The number of ether oxygens (including phenoxy) is 1. The number of furan rings is 1. The van der Waals surface area contributed by atoms with Crippen LogP contribution in [0.25, 0.3) is 11.0 Å². The van der Waals surface area contributed by atoms with Gasteiger partial charge in [-0.1, -0.05) is 12.1 Å². The standard InChI is InChI=1S/C18H21N3O3/c1-4-23-15-8-5-7-14-11-16(24-17(14)15)12(2)20-18(22)13(3)21-10-6-9-19-21/h5-13H,4H2,1-3H3,(H,20,22). The van der Waals surface area contributed by atoms with Crippen LogP contribution in [0.2, 0.25) is 0 Å². The molecule has 0 radical (unpaired) electrons. The fraction of sp³-hybridized carbons (Fsp3) is 0.333. The van der Waals surface area contributed by atoms with Crippen molar-refractivity contribution in [2.75, 3.05) is 6.61 Å². The van der Waals surface area contributed by atoms with Gasteiger partial charge in [-0.25, -0.2) is 0 Å². The Hall–Kier alpha value is -2.76. The van der Waals surface area contributed by atoms with Crippen LogP contribution in [0.3, 0.4) is 0 Å². The molecule has 24 heavy (non-hydrogen) atoms. The quantitative estimate of drug-likeness (QED) is 0.752. The van der Waals surface area contributed by atoms with Crippen molar-refractivity contribution >= 4 is 16.9 Å². The van der Waals surface area contributed by atoms with Crippen molar-refractivity contribution in [2.45, 2.75) is 32.9 Å². The molecular formula is C18H21N3O3. The molecule has 0 aliphatic carbocycles. The van der Waals surface area contributed by atoms with E-state index in [-0.39, 0.29) is 18.0 Å². The van der Waals surface area contributed by atoms with Gasteiger partial charge in [0.05, 0.1) is 12.6 Å². The largest absolute Gasteiger partial charge is 0.490 e. The van der Waals surface area contributed by atoms with E-state index < -0.39 is 0 Å². The Bertz CT molecular complexity index is 823. The summed E-state index contributed by atoms with van der Waals surface area (Å²) in [5.41, 5.74) is 0.704. The van der Waals surface area contributed by atoms with Gasteiger partial charge in [-0.05, 0) is 39.0 Å². The van der Waals surface area contributed by atoms with E-state index in [4.69, 9.17) is 9.15 Å². The Labute approximate surface area is 140 Å². The van der Waals surface area contributed by atoms with Crippen LogP contribution < -0.4 is 10.1 Å². The summed E-state index contributed by atoms with van der Waals surface area (Å²) in [5.74, 6) is 1.29. The van der Waals surface area contributed by atoms with Crippen molar-refractivity contribution in [3.05, 3.63) is 48.5 Å². The number of rotatable bonds is 6. The molecule has 3 aromatic rings. The van der Waals surface area contributed by atoms with Gasteiger partial charge in [0.1, 0.15) is 11.8 Å². The fourth-order valence-electron chi connectivity index (χ4n) is 2.57. The Kier molecular flexibility index (Phi) is 4.55. The van der Waals surface area contributed by atoms with Gasteiger partial charge in [0.25, 0.3) is 0 Å². The second-order valence-corrected chi connectivity index (χ2v) is 5.65. The lowest BCUT2D eigenvalue weighted by Gasteiger charge is -2.16. The first-order valence-electron chi connectivity index (χ1n) is 8.05. The van der Waals surface area contributed by atoms with Crippen LogP contribution >= 0.6 is 0 Å². The monoisotopic (exact) mass is 327 g/mol. The number of aromatic nitrogens is 2. The van der Waals surface area contributed by atoms with Gasteiger partial charge in [-0.3, -0.25) is 9.48 Å². The highest BCUT2D eigenvalue weighted by Crippen LogP contribution is 2.31. The third-order valence-corrected chi connectivity index (χ3v) is 3.91. The molecule has 2 aromatic heterocycles. The minimum absolute atomic E-state index is 0.114. The van der Waals surface area contributed by atoms with Gasteiger partial charge in [0.2, 0.25) is 5.91 Å². The van der Waals surface area contributed by atoms with Crippen LogP contribution in [0.1, 0.15) is 38.6 Å². The van der Waals surface area contributed by atoms with Crippen molar-refractivity contribution in [1.29, 1.82) is 0 Å². The molecule has 0 spiro atoms. The van der Waals surface area contributed by atoms with Gasteiger partial charge in [0.15, 0.2) is 11.3 Å². The zero-order valence-corrected chi connectivity index (χ0v) is 14.0. The molecule has 2 heterocycles. The Morgan fingerprint density at radius 3 is 2.92 bits per heavy atom. The van der Waals surface area contributed by atoms with Crippen LogP contribution in [0.15, 0.2) is 47.1 Å². The maximum atomic E-state index is 12.4. The van der Waals surface area contributed by atoms with E-state index in [1.807, 2.05) is 38.1 Å². The second-order valence-electron chi connectivity index (χ2n) is 5.65. The van der Waals surface area contributed by atoms with E-state index in [0.29, 0.717) is 23.7 Å². The summed E-state index contributed by atoms with van der Waals surface area (Å²) in [6.07, 6.45) is 3.42. The zero-order valence-electron chi connectivity index (χ0n) is 14.0. The van der Waals surface area contributed by atoms with Gasteiger partial charge in [0, 0.05) is 17.8 Å². The molecule has 1 aromatic carbocycles. The molecule has 0 bridgehead atoms. The number of para-hydroxylation sites is 1. The molecule has 0 aliphatic heterocycles. The number of benzene rings is 1. The molecule has 3 rings (SSSR count). The minimum atomic E-state index is -0.384. The first-order chi connectivity index (χ1) is 11.6. The third-order valence-electron chi connectivity index (χ3n) is 3.91. The third kappa shape index (κ3) is 3.13. The predicted molar refractivity (Wildman–Crippen MR) is 90.9 cm³/mol. The Morgan fingerprint density at radius 1 is 1.38 bits per heavy atom. The lowest BCUT2D eigenvalue weighted by atomic mass is 10.2. The highest BCUT2D eigenvalue weighted by Gasteiger charge is 2.20. The number of nitrogens with one attached hydrogen (secondary N) is 1. The van der Waals surface area contributed by atoms with E-state index in [0.717, 1.165) is 5.39 Å². The molecule has 1 amide bonds. The fourth-order valence-corrected chi connectivity index (χ4v) is 2.57. The molecule has 0 saturated heterocycles. The van der Waals surface area contributed by atoms with Crippen molar-refractivity contribution in [3.8, 4) is 5.75 Å². The van der Waals surface area contributed by atoms with Gasteiger partial charge >= 0.3 is 0 Å². The molecule has 0 fully saturated rings. The summed E-state index contributed by atoms with van der Waals surface area (Å²) in [4.78, 5) is 12.4. The van der Waals surface area contributed by atoms with Crippen molar-refractivity contribution in [2.24, 2.45) is 0 Å². The van der Waals surface area contributed by atoms with Crippen LogP contribution in [-0.4, -0.2) is 22.3 Å². The summed E-state index contributed by atoms with van der Waals surface area (Å²) in [7, 11) is 0. The summed E-state index contributed by atoms with van der Waals surface area (Å²) < 4.78 is 13.1. The molecule has 2 unspecified atom stereocenters. The predicted octanol–water partition coefficient (Wildman–Crippen LogP) is 3.47. The molecule has 0 saturated carbocycles. The lowest BCUT2D eigenvalue weighted by Crippen LogP contribution is -2.33. The number of hydrogen-bond donors (Lipinski definition) is 1. The highest BCUT2D eigenvalue weighted by molar-refractivity contribution is 5.84. The van der Waals surface area contributed by atoms with E-state index in [2.05, 4.69) is 10.4 Å². The van der Waals surface area contributed by atoms with E-state index in [1.54, 1.807) is 30.1 Å².